The van der Waals surface area contributed by atoms with Crippen LogP contribution in [0.5, 0.6) is 5.75 Å². The molecule has 1 aromatic heterocycles. The highest BCUT2D eigenvalue weighted by atomic mass is 35.5. The summed E-state index contributed by atoms with van der Waals surface area (Å²) >= 11 is 5.83. The Labute approximate surface area is 190 Å². The fraction of sp³-hybridized carbons (Fsp3) is 0.458. The summed E-state index contributed by atoms with van der Waals surface area (Å²) < 4.78 is 19.4. The maximum Gasteiger partial charge on any atom is 0.305 e. The summed E-state index contributed by atoms with van der Waals surface area (Å²) in [5.74, 6) is 0.203. The number of amides is 1. The Hall–Kier alpha value is -2.60. The number of benzene rings is 1. The summed E-state index contributed by atoms with van der Waals surface area (Å²) in [5, 5.41) is 0.305. The number of para-hydroxylation sites is 1. The molecule has 2 rings (SSSR count). The lowest BCUT2D eigenvalue weighted by molar-refractivity contribution is -0.143. The van der Waals surface area contributed by atoms with Crippen molar-refractivity contribution in [1.82, 2.24) is 9.88 Å². The van der Waals surface area contributed by atoms with Crippen LogP contribution in [0.15, 0.2) is 42.6 Å². The Kier molecular flexibility index (Phi) is 9.64. The summed E-state index contributed by atoms with van der Waals surface area (Å²) in [4.78, 5) is 29.9. The van der Waals surface area contributed by atoms with Crippen LogP contribution in [0.1, 0.15) is 63.7 Å². The Morgan fingerprint density at radius 2 is 1.94 bits per heavy atom. The van der Waals surface area contributed by atoms with Crippen molar-refractivity contribution in [2.24, 2.45) is 0 Å². The molecule has 0 radical (unpaired) electrons. The van der Waals surface area contributed by atoms with Crippen LogP contribution in [0.2, 0.25) is 5.15 Å². The fourth-order valence-electron chi connectivity index (χ4n) is 3.00. The zero-order valence-corrected chi connectivity index (χ0v) is 19.2. The predicted molar refractivity (Wildman–Crippen MR) is 121 cm³/mol. The van der Waals surface area contributed by atoms with Crippen molar-refractivity contribution in [3.8, 4) is 5.75 Å². The number of hydrogen-bond acceptors (Lipinski definition) is 5. The van der Waals surface area contributed by atoms with Crippen molar-refractivity contribution in [2.45, 2.75) is 59.0 Å². The second-order valence-corrected chi connectivity index (χ2v) is 7.67. The molecule has 0 N–H and O–H groups in total. The van der Waals surface area contributed by atoms with Gasteiger partial charge in [-0.25, -0.2) is 4.98 Å². The molecule has 0 saturated heterocycles. The Morgan fingerprint density at radius 1 is 1.16 bits per heavy atom. The maximum atomic E-state index is 13.1. The van der Waals surface area contributed by atoms with E-state index in [1.165, 1.54) is 11.1 Å². The van der Waals surface area contributed by atoms with Crippen molar-refractivity contribution in [2.75, 3.05) is 13.2 Å². The molecule has 2 aromatic rings. The number of esters is 1. The van der Waals surface area contributed by atoms with Crippen molar-refractivity contribution >= 4 is 23.5 Å². The molecule has 0 unspecified atom stereocenters. The first kappa shape index (κ1) is 23.1. The standard InChI is InChI=1S/C24H31ClN2O4/c1-4-30-23(28)12-6-5-9-15-31-21-11-8-7-10-20(21)17-27(18(2)3)24(29)19-13-14-22(25)26-16-19/h7-8,10-11,13-14,16,18H,4-6,9,12,15,17H2,1-3H3/i18D. The molecule has 31 heavy (non-hydrogen) atoms. The molecular formula is C24H31ClN2O4. The van der Waals surface area contributed by atoms with Crippen LogP contribution in [-0.2, 0) is 16.1 Å². The van der Waals surface area contributed by atoms with E-state index in [4.69, 9.17) is 22.4 Å². The third-order valence-electron chi connectivity index (χ3n) is 4.65. The van der Waals surface area contributed by atoms with E-state index >= 15 is 0 Å². The lowest BCUT2D eigenvalue weighted by Crippen LogP contribution is -2.36. The average Bonchev–Trinajstić information content (AvgIpc) is 2.74. The third kappa shape index (κ3) is 8.21. The predicted octanol–water partition coefficient (Wildman–Crippen LogP) is 5.29. The van der Waals surface area contributed by atoms with Gasteiger partial charge in [0.1, 0.15) is 10.9 Å². The van der Waals surface area contributed by atoms with Crippen molar-refractivity contribution in [1.29, 1.82) is 0 Å². The van der Waals surface area contributed by atoms with Gasteiger partial charge in [0.05, 0.1) is 20.1 Å². The van der Waals surface area contributed by atoms with Crippen molar-refractivity contribution < 1.29 is 20.4 Å². The molecule has 1 amide bonds. The molecule has 168 valence electrons. The minimum absolute atomic E-state index is 0.169. The number of pyridine rings is 1. The van der Waals surface area contributed by atoms with Gasteiger partial charge in [-0.2, -0.15) is 0 Å². The summed E-state index contributed by atoms with van der Waals surface area (Å²) in [6.45, 7) is 6.26. The molecule has 0 atom stereocenters. The third-order valence-corrected chi connectivity index (χ3v) is 4.87. The van der Waals surface area contributed by atoms with E-state index in [1.807, 2.05) is 24.3 Å². The summed E-state index contributed by atoms with van der Waals surface area (Å²) in [5.41, 5.74) is 1.18. The number of rotatable bonds is 12. The maximum absolute atomic E-state index is 13.1. The SMILES string of the molecule is [2H]C(C)(C)N(Cc1ccccc1OCCCCCC(=O)OCC)C(=O)c1ccc(Cl)nc1. The molecule has 0 fully saturated rings. The minimum atomic E-state index is -1.16. The number of carbonyl (C=O) groups is 2. The molecule has 6 nitrogen and oxygen atoms in total. The molecule has 0 aliphatic carbocycles. The van der Waals surface area contributed by atoms with E-state index < -0.39 is 6.02 Å². The highest BCUT2D eigenvalue weighted by Crippen LogP contribution is 2.23. The minimum Gasteiger partial charge on any atom is -0.493 e. The quantitative estimate of drug-likeness (QED) is 0.251. The number of unbranched alkanes of at least 4 members (excludes halogenated alkanes) is 2. The summed E-state index contributed by atoms with van der Waals surface area (Å²) in [6, 6.07) is 9.51. The molecule has 0 aliphatic heterocycles. The van der Waals surface area contributed by atoms with E-state index in [9.17, 15) is 9.59 Å². The number of ether oxygens (including phenoxy) is 2. The number of hydrogen-bond donors (Lipinski definition) is 0. The first-order chi connectivity index (χ1) is 15.2. The molecule has 0 saturated carbocycles. The number of halogens is 1. The number of aromatic nitrogens is 1. The van der Waals surface area contributed by atoms with Crippen LogP contribution in [0, 0.1) is 0 Å². The van der Waals surface area contributed by atoms with Crippen LogP contribution in [0.25, 0.3) is 0 Å². The molecule has 0 aliphatic rings. The van der Waals surface area contributed by atoms with Gasteiger partial charge in [-0.05, 0) is 58.2 Å². The van der Waals surface area contributed by atoms with Crippen LogP contribution in [0.4, 0.5) is 0 Å². The Balaban J connectivity index is 2.00. The van der Waals surface area contributed by atoms with E-state index in [1.54, 1.807) is 32.9 Å². The summed E-state index contributed by atoms with van der Waals surface area (Å²) in [6.07, 6.45) is 4.25. The van der Waals surface area contributed by atoms with Gasteiger partial charge in [0.2, 0.25) is 0 Å². The largest absolute Gasteiger partial charge is 0.493 e. The molecular weight excluding hydrogens is 416 g/mol. The topological polar surface area (TPSA) is 68.7 Å². The van der Waals surface area contributed by atoms with Crippen LogP contribution < -0.4 is 4.74 Å². The van der Waals surface area contributed by atoms with Gasteiger partial charge in [-0.15, -0.1) is 0 Å². The van der Waals surface area contributed by atoms with E-state index in [0.717, 1.165) is 24.8 Å². The van der Waals surface area contributed by atoms with Gasteiger partial charge in [0.25, 0.3) is 5.91 Å². The first-order valence-electron chi connectivity index (χ1n) is 11.0. The van der Waals surface area contributed by atoms with E-state index in [2.05, 4.69) is 4.98 Å². The average molecular weight is 448 g/mol. The zero-order chi connectivity index (χ0) is 23.6. The van der Waals surface area contributed by atoms with Gasteiger partial charge in [-0.3, -0.25) is 9.59 Å². The summed E-state index contributed by atoms with van der Waals surface area (Å²) in [7, 11) is 0. The monoisotopic (exact) mass is 447 g/mol. The Morgan fingerprint density at radius 3 is 2.61 bits per heavy atom. The van der Waals surface area contributed by atoms with E-state index in [0.29, 0.717) is 36.1 Å². The fourth-order valence-corrected chi connectivity index (χ4v) is 3.11. The van der Waals surface area contributed by atoms with Crippen molar-refractivity contribution in [3.05, 3.63) is 58.9 Å². The number of carbonyl (C=O) groups excluding carboxylic acids is 2. The molecule has 1 heterocycles. The van der Waals surface area contributed by atoms with Gasteiger partial charge >= 0.3 is 5.97 Å². The smallest absolute Gasteiger partial charge is 0.305 e. The van der Waals surface area contributed by atoms with Crippen molar-refractivity contribution in [3.63, 3.8) is 0 Å². The van der Waals surface area contributed by atoms with Gasteiger partial charge in [0.15, 0.2) is 0 Å². The van der Waals surface area contributed by atoms with Gasteiger partial charge < -0.3 is 14.4 Å². The molecule has 0 spiro atoms. The molecule has 1 aromatic carbocycles. The lowest BCUT2D eigenvalue weighted by Gasteiger charge is -2.27. The lowest BCUT2D eigenvalue weighted by atomic mass is 10.1. The van der Waals surface area contributed by atoms with Crippen LogP contribution in [0.3, 0.4) is 0 Å². The van der Waals surface area contributed by atoms with Gasteiger partial charge in [-0.1, -0.05) is 29.8 Å². The second kappa shape index (κ2) is 13.0. The van der Waals surface area contributed by atoms with Gasteiger partial charge in [0, 0.05) is 30.7 Å². The molecule has 7 heteroatoms. The van der Waals surface area contributed by atoms with E-state index in [-0.39, 0.29) is 18.4 Å². The normalized spacial score (nSPS) is 11.5. The second-order valence-electron chi connectivity index (χ2n) is 7.28. The highest BCUT2D eigenvalue weighted by Gasteiger charge is 2.21. The van der Waals surface area contributed by atoms with Crippen LogP contribution in [-0.4, -0.2) is 41.0 Å². The molecule has 0 bridgehead atoms. The highest BCUT2D eigenvalue weighted by molar-refractivity contribution is 6.29. The Bertz CT molecular complexity index is 884. The zero-order valence-electron chi connectivity index (χ0n) is 19.4. The number of nitrogens with zero attached hydrogens (tertiary/aromatic N) is 2. The first-order valence-corrected chi connectivity index (χ1v) is 10.9. The van der Waals surface area contributed by atoms with Crippen LogP contribution >= 0.6 is 11.6 Å².